The SMILES string of the molecule is O=C(NCCc1c[nH]c2ccccc12)C1CC12CCN(Cc1ccc(Oc3ncccn3)cc1)CC2. The number of nitrogens with zero attached hydrogens (tertiary/aromatic N) is 3. The summed E-state index contributed by atoms with van der Waals surface area (Å²) < 4.78 is 5.69. The van der Waals surface area contributed by atoms with Crippen LogP contribution in [0.25, 0.3) is 10.9 Å². The fourth-order valence-electron chi connectivity index (χ4n) is 5.57. The summed E-state index contributed by atoms with van der Waals surface area (Å²) in [5, 5.41) is 4.45. The molecule has 1 aliphatic carbocycles. The number of ether oxygens (including phenoxy) is 1. The molecule has 184 valence electrons. The molecule has 2 aromatic carbocycles. The van der Waals surface area contributed by atoms with Gasteiger partial charge < -0.3 is 15.0 Å². The number of piperidine rings is 1. The third-order valence-corrected chi connectivity index (χ3v) is 7.81. The van der Waals surface area contributed by atoms with Crippen LogP contribution in [0.3, 0.4) is 0 Å². The minimum Gasteiger partial charge on any atom is -0.424 e. The molecule has 2 N–H and O–H groups in total. The van der Waals surface area contributed by atoms with E-state index in [0.29, 0.717) is 12.6 Å². The lowest BCUT2D eigenvalue weighted by atomic mass is 9.90. The van der Waals surface area contributed by atoms with Crippen LogP contribution in [0.5, 0.6) is 11.8 Å². The fraction of sp³-hybridized carbons (Fsp3) is 0.345. The van der Waals surface area contributed by atoms with Crippen molar-refractivity contribution >= 4 is 16.8 Å². The molecule has 0 bridgehead atoms. The van der Waals surface area contributed by atoms with E-state index in [0.717, 1.165) is 56.6 Å². The van der Waals surface area contributed by atoms with Crippen molar-refractivity contribution in [2.75, 3.05) is 19.6 Å². The van der Waals surface area contributed by atoms with Gasteiger partial charge in [-0.2, -0.15) is 0 Å². The van der Waals surface area contributed by atoms with Gasteiger partial charge in [0.25, 0.3) is 0 Å². The summed E-state index contributed by atoms with van der Waals surface area (Å²) in [6, 6.07) is 18.6. The van der Waals surface area contributed by atoms with Gasteiger partial charge in [0.05, 0.1) is 0 Å². The number of carbonyl (C=O) groups is 1. The van der Waals surface area contributed by atoms with Crippen LogP contribution in [-0.2, 0) is 17.8 Å². The highest BCUT2D eigenvalue weighted by molar-refractivity contribution is 5.84. The number of aromatic nitrogens is 3. The number of likely N-dealkylation sites (tertiary alicyclic amines) is 1. The zero-order chi connectivity index (χ0) is 24.4. The Morgan fingerprint density at radius 1 is 1.06 bits per heavy atom. The van der Waals surface area contributed by atoms with Crippen LogP contribution in [0.2, 0.25) is 0 Å². The maximum atomic E-state index is 12.9. The number of para-hydroxylation sites is 1. The number of rotatable bonds is 8. The number of H-pyrrole nitrogens is 1. The van der Waals surface area contributed by atoms with Crippen molar-refractivity contribution in [1.82, 2.24) is 25.2 Å². The highest BCUT2D eigenvalue weighted by atomic mass is 16.5. The number of aromatic amines is 1. The van der Waals surface area contributed by atoms with E-state index in [1.807, 2.05) is 18.2 Å². The van der Waals surface area contributed by atoms with Gasteiger partial charge in [0.1, 0.15) is 5.75 Å². The molecule has 1 amide bonds. The summed E-state index contributed by atoms with van der Waals surface area (Å²) in [6.45, 7) is 3.68. The zero-order valence-electron chi connectivity index (χ0n) is 20.3. The topological polar surface area (TPSA) is 83.1 Å². The van der Waals surface area contributed by atoms with Gasteiger partial charge in [-0.3, -0.25) is 9.69 Å². The number of nitrogens with one attached hydrogen (secondary N) is 2. The highest BCUT2D eigenvalue weighted by Gasteiger charge is 2.58. The molecule has 4 aromatic rings. The van der Waals surface area contributed by atoms with Crippen molar-refractivity contribution in [1.29, 1.82) is 0 Å². The monoisotopic (exact) mass is 481 g/mol. The van der Waals surface area contributed by atoms with Crippen LogP contribution >= 0.6 is 0 Å². The summed E-state index contributed by atoms with van der Waals surface area (Å²) in [6.07, 6.45) is 9.47. The second-order valence-electron chi connectivity index (χ2n) is 10.1. The van der Waals surface area contributed by atoms with E-state index in [2.05, 4.69) is 61.7 Å². The molecule has 1 spiro atoms. The van der Waals surface area contributed by atoms with E-state index >= 15 is 0 Å². The van der Waals surface area contributed by atoms with Crippen molar-refractivity contribution in [3.63, 3.8) is 0 Å². The molecule has 7 heteroatoms. The average molecular weight is 482 g/mol. The van der Waals surface area contributed by atoms with Gasteiger partial charge in [0, 0.05) is 48.5 Å². The van der Waals surface area contributed by atoms with Crippen LogP contribution in [0.15, 0.2) is 73.2 Å². The Morgan fingerprint density at radius 2 is 1.83 bits per heavy atom. The summed E-state index contributed by atoms with van der Waals surface area (Å²) in [4.78, 5) is 26.8. The van der Waals surface area contributed by atoms with E-state index in [1.165, 1.54) is 16.5 Å². The van der Waals surface area contributed by atoms with Gasteiger partial charge >= 0.3 is 6.01 Å². The minimum atomic E-state index is 0.180. The summed E-state index contributed by atoms with van der Waals surface area (Å²) >= 11 is 0. The van der Waals surface area contributed by atoms with Crippen LogP contribution in [0.1, 0.15) is 30.4 Å². The van der Waals surface area contributed by atoms with Crippen LogP contribution in [0.4, 0.5) is 0 Å². The third-order valence-electron chi connectivity index (χ3n) is 7.81. The molecule has 1 aliphatic heterocycles. The van der Waals surface area contributed by atoms with Crippen molar-refractivity contribution in [2.45, 2.75) is 32.2 Å². The zero-order valence-corrected chi connectivity index (χ0v) is 20.3. The predicted octanol–water partition coefficient (Wildman–Crippen LogP) is 4.71. The van der Waals surface area contributed by atoms with Crippen LogP contribution in [0, 0.1) is 11.3 Å². The number of benzene rings is 2. The molecule has 7 nitrogen and oxygen atoms in total. The second-order valence-corrected chi connectivity index (χ2v) is 10.1. The van der Waals surface area contributed by atoms with Gasteiger partial charge in [0.2, 0.25) is 5.91 Å². The Bertz CT molecular complexity index is 1330. The van der Waals surface area contributed by atoms with Crippen molar-refractivity contribution in [3.8, 4) is 11.8 Å². The quantitative estimate of drug-likeness (QED) is 0.381. The number of amides is 1. The number of hydrogen-bond donors (Lipinski definition) is 2. The predicted molar refractivity (Wildman–Crippen MR) is 139 cm³/mol. The molecule has 3 heterocycles. The Kier molecular flexibility index (Phi) is 6.15. The number of hydrogen-bond acceptors (Lipinski definition) is 5. The summed E-state index contributed by atoms with van der Waals surface area (Å²) in [7, 11) is 0. The van der Waals surface area contributed by atoms with E-state index in [1.54, 1.807) is 18.5 Å². The third kappa shape index (κ3) is 4.84. The molecular weight excluding hydrogens is 450 g/mol. The smallest absolute Gasteiger partial charge is 0.321 e. The average Bonchev–Trinajstić information content (AvgIpc) is 3.47. The van der Waals surface area contributed by atoms with Gasteiger partial charge in [-0.25, -0.2) is 9.97 Å². The first-order chi connectivity index (χ1) is 17.7. The molecule has 2 aliphatic rings. The molecule has 1 saturated heterocycles. The summed E-state index contributed by atoms with van der Waals surface area (Å²) in [5.74, 6) is 1.15. The molecule has 1 unspecified atom stereocenters. The standard InChI is InChI=1S/C29H31N5O2/c35-27(30-15-10-22-19-33-26-5-2-1-4-24(22)26)25-18-29(25)11-16-34(17-12-29)20-21-6-8-23(9-7-21)36-28-31-13-3-14-32-28/h1-9,13-14,19,25,33H,10-12,15-18,20H2,(H,30,35). The molecule has 0 radical (unpaired) electrons. The Balaban J connectivity index is 0.945. The van der Waals surface area contributed by atoms with Crippen LogP contribution in [-0.4, -0.2) is 45.4 Å². The highest BCUT2D eigenvalue weighted by Crippen LogP contribution is 2.59. The first kappa shape index (κ1) is 22.7. The Morgan fingerprint density at radius 3 is 2.64 bits per heavy atom. The van der Waals surface area contributed by atoms with Gasteiger partial charge in [-0.15, -0.1) is 0 Å². The lowest BCUT2D eigenvalue weighted by Crippen LogP contribution is -2.37. The Labute approximate surface area is 210 Å². The van der Waals surface area contributed by atoms with Crippen molar-refractivity contribution < 1.29 is 9.53 Å². The van der Waals surface area contributed by atoms with Crippen LogP contribution < -0.4 is 10.1 Å². The second kappa shape index (κ2) is 9.74. The molecule has 1 saturated carbocycles. The largest absolute Gasteiger partial charge is 0.424 e. The van der Waals surface area contributed by atoms with Gasteiger partial charge in [-0.1, -0.05) is 30.3 Å². The summed E-state index contributed by atoms with van der Waals surface area (Å²) in [5.41, 5.74) is 3.89. The fourth-order valence-corrected chi connectivity index (χ4v) is 5.57. The van der Waals surface area contributed by atoms with Crippen molar-refractivity contribution in [2.24, 2.45) is 11.3 Å². The molecule has 1 atom stereocenters. The lowest BCUT2D eigenvalue weighted by molar-refractivity contribution is -0.123. The van der Waals surface area contributed by atoms with Gasteiger partial charge in [0.15, 0.2) is 0 Å². The molecular formula is C29H31N5O2. The lowest BCUT2D eigenvalue weighted by Gasteiger charge is -2.32. The normalized spacial score (nSPS) is 18.8. The van der Waals surface area contributed by atoms with E-state index in [-0.39, 0.29) is 17.2 Å². The molecule has 36 heavy (non-hydrogen) atoms. The van der Waals surface area contributed by atoms with E-state index < -0.39 is 0 Å². The van der Waals surface area contributed by atoms with Crippen molar-refractivity contribution in [3.05, 3.63) is 84.3 Å². The van der Waals surface area contributed by atoms with E-state index in [9.17, 15) is 4.79 Å². The van der Waals surface area contributed by atoms with E-state index in [4.69, 9.17) is 4.74 Å². The number of carbonyl (C=O) groups excluding carboxylic acids is 1. The minimum absolute atomic E-state index is 0.180. The first-order valence-corrected chi connectivity index (χ1v) is 12.8. The molecule has 6 rings (SSSR count). The molecule has 2 fully saturated rings. The maximum Gasteiger partial charge on any atom is 0.321 e. The molecule has 2 aromatic heterocycles. The maximum absolute atomic E-state index is 12.9. The number of fused-ring (bicyclic) bond motifs is 1. The first-order valence-electron chi connectivity index (χ1n) is 12.8. The van der Waals surface area contributed by atoms with Gasteiger partial charge in [-0.05, 0) is 79.6 Å². The Hall–Kier alpha value is -3.71.